The van der Waals surface area contributed by atoms with E-state index in [4.69, 9.17) is 19.5 Å². The molecule has 2 rings (SSSR count). The first-order valence-electron chi connectivity index (χ1n) is 6.34. The third-order valence-corrected chi connectivity index (χ3v) is 3.02. The second-order valence-electron chi connectivity index (χ2n) is 4.31. The second-order valence-corrected chi connectivity index (χ2v) is 4.31. The third-order valence-electron chi connectivity index (χ3n) is 3.02. The van der Waals surface area contributed by atoms with Crippen LogP contribution in [0.2, 0.25) is 0 Å². The van der Waals surface area contributed by atoms with Crippen LogP contribution < -0.4 is 9.47 Å². The van der Waals surface area contributed by atoms with Gasteiger partial charge in [-0.05, 0) is 12.1 Å². The minimum atomic E-state index is 0.542. The lowest BCUT2D eigenvalue weighted by molar-refractivity contribution is 0.0322. The fourth-order valence-electron chi connectivity index (χ4n) is 1.95. The molecule has 0 radical (unpaired) electrons. The number of hydrogen-bond acceptors (Lipinski definition) is 5. The molecule has 19 heavy (non-hydrogen) atoms. The monoisotopic (exact) mass is 262 g/mol. The Morgan fingerprint density at radius 2 is 2.00 bits per heavy atom. The van der Waals surface area contributed by atoms with Crippen LogP contribution in [0, 0.1) is 11.3 Å². The lowest BCUT2D eigenvalue weighted by Gasteiger charge is -2.26. The van der Waals surface area contributed by atoms with E-state index in [0.29, 0.717) is 23.7 Å². The third kappa shape index (κ3) is 4.12. The standard InChI is InChI=1S/C14H18N2O3/c1-17-13-8-12(11-15)9-14(10-13)19-7-4-16-2-5-18-6-3-16/h8-10H,2-7H2,1H3. The molecule has 1 saturated heterocycles. The number of hydrogen-bond donors (Lipinski definition) is 0. The summed E-state index contributed by atoms with van der Waals surface area (Å²) in [6.45, 7) is 4.94. The molecular formula is C14H18N2O3. The van der Waals surface area contributed by atoms with Crippen LogP contribution >= 0.6 is 0 Å². The highest BCUT2D eigenvalue weighted by Gasteiger charge is 2.10. The minimum Gasteiger partial charge on any atom is -0.497 e. The molecule has 1 fully saturated rings. The summed E-state index contributed by atoms with van der Waals surface area (Å²) < 4.78 is 16.1. The number of nitrogens with zero attached hydrogens (tertiary/aromatic N) is 2. The van der Waals surface area contributed by atoms with Gasteiger partial charge in [-0.25, -0.2) is 0 Å². The summed E-state index contributed by atoms with van der Waals surface area (Å²) in [5, 5.41) is 8.93. The summed E-state index contributed by atoms with van der Waals surface area (Å²) in [6, 6.07) is 7.30. The zero-order valence-electron chi connectivity index (χ0n) is 11.1. The minimum absolute atomic E-state index is 0.542. The zero-order chi connectivity index (χ0) is 13.5. The Labute approximate surface area is 113 Å². The first kappa shape index (κ1) is 13.7. The molecule has 1 heterocycles. The molecule has 5 nitrogen and oxygen atoms in total. The number of benzene rings is 1. The molecule has 1 aromatic carbocycles. The van der Waals surface area contributed by atoms with Crippen molar-refractivity contribution in [1.82, 2.24) is 4.90 Å². The van der Waals surface area contributed by atoms with Crippen molar-refractivity contribution in [1.29, 1.82) is 5.26 Å². The molecule has 0 bridgehead atoms. The topological polar surface area (TPSA) is 54.7 Å². The van der Waals surface area contributed by atoms with E-state index in [2.05, 4.69) is 11.0 Å². The van der Waals surface area contributed by atoms with Crippen LogP contribution in [0.5, 0.6) is 11.5 Å². The first-order valence-corrected chi connectivity index (χ1v) is 6.34. The predicted molar refractivity (Wildman–Crippen MR) is 70.5 cm³/mol. The van der Waals surface area contributed by atoms with Crippen LogP contribution in [0.15, 0.2) is 18.2 Å². The van der Waals surface area contributed by atoms with Crippen molar-refractivity contribution in [2.45, 2.75) is 0 Å². The van der Waals surface area contributed by atoms with Gasteiger partial charge in [-0.2, -0.15) is 5.26 Å². The van der Waals surface area contributed by atoms with Crippen molar-refractivity contribution >= 4 is 0 Å². The molecule has 5 heteroatoms. The molecule has 0 spiro atoms. The van der Waals surface area contributed by atoms with E-state index in [1.165, 1.54) is 0 Å². The number of rotatable bonds is 5. The van der Waals surface area contributed by atoms with Crippen LogP contribution in [-0.2, 0) is 4.74 Å². The van der Waals surface area contributed by atoms with Gasteiger partial charge in [0.15, 0.2) is 0 Å². The molecule has 1 aliphatic rings. The van der Waals surface area contributed by atoms with Crippen molar-refractivity contribution in [3.63, 3.8) is 0 Å². The highest BCUT2D eigenvalue weighted by Crippen LogP contribution is 2.22. The summed E-state index contributed by atoms with van der Waals surface area (Å²) in [5.74, 6) is 1.31. The number of morpholine rings is 1. The van der Waals surface area contributed by atoms with Gasteiger partial charge < -0.3 is 14.2 Å². The summed E-state index contributed by atoms with van der Waals surface area (Å²) >= 11 is 0. The van der Waals surface area contributed by atoms with Gasteiger partial charge in [-0.3, -0.25) is 4.90 Å². The van der Waals surface area contributed by atoms with Gasteiger partial charge in [0, 0.05) is 25.7 Å². The Morgan fingerprint density at radius 3 is 2.68 bits per heavy atom. The normalized spacial score (nSPS) is 15.8. The van der Waals surface area contributed by atoms with Crippen LogP contribution in [0.25, 0.3) is 0 Å². The summed E-state index contributed by atoms with van der Waals surface area (Å²) in [7, 11) is 1.58. The van der Waals surface area contributed by atoms with Crippen LogP contribution in [0.3, 0.4) is 0 Å². The molecule has 0 aliphatic carbocycles. The van der Waals surface area contributed by atoms with Gasteiger partial charge in [0.05, 0.1) is 32.0 Å². The van der Waals surface area contributed by atoms with E-state index in [1.807, 2.05) is 0 Å². The van der Waals surface area contributed by atoms with E-state index in [1.54, 1.807) is 25.3 Å². The Hall–Kier alpha value is -1.77. The Kier molecular flexibility index (Phi) is 5.01. The van der Waals surface area contributed by atoms with Gasteiger partial charge in [0.1, 0.15) is 18.1 Å². The van der Waals surface area contributed by atoms with E-state index < -0.39 is 0 Å². The molecule has 0 saturated carbocycles. The smallest absolute Gasteiger partial charge is 0.124 e. The van der Waals surface area contributed by atoms with Gasteiger partial charge >= 0.3 is 0 Å². The predicted octanol–water partition coefficient (Wildman–Crippen LogP) is 1.28. The number of ether oxygens (including phenoxy) is 3. The quantitative estimate of drug-likeness (QED) is 0.800. The van der Waals surface area contributed by atoms with Crippen LogP contribution in [-0.4, -0.2) is 51.5 Å². The highest BCUT2D eigenvalue weighted by atomic mass is 16.5. The van der Waals surface area contributed by atoms with Gasteiger partial charge in [-0.1, -0.05) is 0 Å². The van der Waals surface area contributed by atoms with Gasteiger partial charge in [0.25, 0.3) is 0 Å². The molecule has 1 aliphatic heterocycles. The molecule has 0 aromatic heterocycles. The maximum atomic E-state index is 8.93. The summed E-state index contributed by atoms with van der Waals surface area (Å²) in [4.78, 5) is 2.30. The summed E-state index contributed by atoms with van der Waals surface area (Å²) in [6.07, 6.45) is 0. The lowest BCUT2D eigenvalue weighted by Crippen LogP contribution is -2.38. The Balaban J connectivity index is 1.86. The molecule has 0 atom stereocenters. The van der Waals surface area contributed by atoms with Crippen molar-refractivity contribution in [3.05, 3.63) is 23.8 Å². The van der Waals surface area contributed by atoms with Crippen molar-refractivity contribution in [2.24, 2.45) is 0 Å². The average Bonchev–Trinajstić information content (AvgIpc) is 2.48. The number of methoxy groups -OCH3 is 1. The van der Waals surface area contributed by atoms with E-state index >= 15 is 0 Å². The molecule has 0 unspecified atom stereocenters. The molecule has 1 aromatic rings. The largest absolute Gasteiger partial charge is 0.497 e. The van der Waals surface area contributed by atoms with Crippen molar-refractivity contribution in [2.75, 3.05) is 46.6 Å². The van der Waals surface area contributed by atoms with Crippen LogP contribution in [0.4, 0.5) is 0 Å². The maximum Gasteiger partial charge on any atom is 0.124 e. The highest BCUT2D eigenvalue weighted by molar-refractivity contribution is 5.43. The summed E-state index contributed by atoms with van der Waals surface area (Å²) in [5.41, 5.74) is 0.542. The first-order chi connectivity index (χ1) is 9.31. The van der Waals surface area contributed by atoms with Gasteiger partial charge in [-0.15, -0.1) is 0 Å². The van der Waals surface area contributed by atoms with Crippen molar-refractivity contribution < 1.29 is 14.2 Å². The molecule has 102 valence electrons. The molecular weight excluding hydrogens is 244 g/mol. The molecule has 0 amide bonds. The SMILES string of the molecule is COc1cc(C#N)cc(OCCN2CCOCC2)c1. The maximum absolute atomic E-state index is 8.93. The Morgan fingerprint density at radius 1 is 1.26 bits per heavy atom. The lowest BCUT2D eigenvalue weighted by atomic mass is 10.2. The second kappa shape index (κ2) is 6.98. The van der Waals surface area contributed by atoms with Crippen LogP contribution in [0.1, 0.15) is 5.56 Å². The van der Waals surface area contributed by atoms with E-state index in [-0.39, 0.29) is 0 Å². The van der Waals surface area contributed by atoms with E-state index in [0.717, 1.165) is 32.8 Å². The number of nitriles is 1. The van der Waals surface area contributed by atoms with E-state index in [9.17, 15) is 0 Å². The average molecular weight is 262 g/mol. The zero-order valence-corrected chi connectivity index (χ0v) is 11.1. The fourth-order valence-corrected chi connectivity index (χ4v) is 1.95. The fraction of sp³-hybridized carbons (Fsp3) is 0.500. The molecule has 0 N–H and O–H groups in total. The van der Waals surface area contributed by atoms with Gasteiger partial charge in [0.2, 0.25) is 0 Å². The van der Waals surface area contributed by atoms with Crippen molar-refractivity contribution in [3.8, 4) is 17.6 Å². The Bertz CT molecular complexity index is 450.